The summed E-state index contributed by atoms with van der Waals surface area (Å²) in [6.45, 7) is 0. The first kappa shape index (κ1) is 19.8. The van der Waals surface area contributed by atoms with Crippen molar-refractivity contribution in [2.24, 2.45) is 0 Å². The zero-order chi connectivity index (χ0) is 12.2. The zero-order valence-electron chi connectivity index (χ0n) is 9.87. The normalized spacial score (nSPS) is 10.2. The van der Waals surface area contributed by atoms with Crippen LogP contribution < -0.4 is 29.6 Å². The van der Waals surface area contributed by atoms with Gasteiger partial charge in [-0.15, -0.1) is 0 Å². The molecule has 0 heterocycles. The summed E-state index contributed by atoms with van der Waals surface area (Å²) in [7, 11) is 0. The van der Waals surface area contributed by atoms with Crippen LogP contribution in [0.2, 0.25) is 0 Å². The average molecular weight is 272 g/mol. The van der Waals surface area contributed by atoms with Crippen LogP contribution in [0.1, 0.15) is 24.0 Å². The van der Waals surface area contributed by atoms with Gasteiger partial charge in [0.1, 0.15) is 0 Å². The van der Waals surface area contributed by atoms with Crippen molar-refractivity contribution in [3.63, 3.8) is 0 Å². The van der Waals surface area contributed by atoms with E-state index in [1.165, 1.54) is 6.07 Å². The summed E-state index contributed by atoms with van der Waals surface area (Å²) in [4.78, 5) is 10.2. The molecule has 7 heteroatoms. The van der Waals surface area contributed by atoms with Crippen LogP contribution in [0.3, 0.4) is 0 Å². The van der Waals surface area contributed by atoms with Crippen molar-refractivity contribution in [1.82, 2.24) is 0 Å². The molecule has 0 unspecified atom stereocenters. The predicted molar refractivity (Wildman–Crippen MR) is 54.0 cm³/mol. The molecule has 0 fully saturated rings. The minimum Gasteiger partial charge on any atom is -0.870 e. The Labute approximate surface area is 125 Å². The second-order valence-corrected chi connectivity index (χ2v) is 3.45. The molecule has 0 radical (unpaired) electrons. The summed E-state index contributed by atoms with van der Waals surface area (Å²) in [5.74, 6) is -0.938. The van der Waals surface area contributed by atoms with Crippen LogP contribution in [0.4, 0.5) is 13.2 Å². The van der Waals surface area contributed by atoms with E-state index < -0.39 is 17.7 Å². The Morgan fingerprint density at radius 1 is 1.28 bits per heavy atom. The van der Waals surface area contributed by atoms with E-state index >= 15 is 0 Å². The van der Waals surface area contributed by atoms with Gasteiger partial charge in [0.05, 0.1) is 5.56 Å². The van der Waals surface area contributed by atoms with Crippen LogP contribution >= 0.6 is 0 Å². The summed E-state index contributed by atoms with van der Waals surface area (Å²) in [5.41, 5.74) is -0.184. The first-order chi connectivity index (χ1) is 7.39. The summed E-state index contributed by atoms with van der Waals surface area (Å²) in [6.07, 6.45) is -3.69. The van der Waals surface area contributed by atoms with E-state index in [0.29, 0.717) is 18.4 Å². The number of alkyl halides is 3. The van der Waals surface area contributed by atoms with E-state index in [1.54, 1.807) is 6.07 Å². The molecule has 96 valence electrons. The molecular weight excluding hydrogens is 260 g/mol. The molecule has 18 heavy (non-hydrogen) atoms. The van der Waals surface area contributed by atoms with Crippen molar-refractivity contribution in [3.8, 4) is 0 Å². The summed E-state index contributed by atoms with van der Waals surface area (Å²) >= 11 is 0. The van der Waals surface area contributed by atoms with E-state index in [1.807, 2.05) is 0 Å². The van der Waals surface area contributed by atoms with Gasteiger partial charge in [-0.3, -0.25) is 4.79 Å². The largest absolute Gasteiger partial charge is 1.00 e. The van der Waals surface area contributed by atoms with E-state index in [9.17, 15) is 18.0 Å². The summed E-state index contributed by atoms with van der Waals surface area (Å²) in [6, 6.07) is 4.96. The Kier molecular flexibility index (Phi) is 9.37. The molecule has 0 atom stereocenters. The van der Waals surface area contributed by atoms with Gasteiger partial charge in [-0.1, -0.05) is 18.2 Å². The number of aryl methyl sites for hydroxylation is 1. The van der Waals surface area contributed by atoms with Crippen molar-refractivity contribution in [2.45, 2.75) is 25.4 Å². The first-order valence-electron chi connectivity index (χ1n) is 4.77. The molecule has 0 aromatic heterocycles. The third kappa shape index (κ3) is 7.00. The van der Waals surface area contributed by atoms with Crippen molar-refractivity contribution in [2.75, 3.05) is 0 Å². The number of rotatable bonds is 4. The number of carboxylic acids is 1. The Morgan fingerprint density at radius 2 is 1.89 bits per heavy atom. The van der Waals surface area contributed by atoms with Gasteiger partial charge >= 0.3 is 41.7 Å². The number of aliphatic carboxylic acids is 1. The maximum absolute atomic E-state index is 12.3. The number of halogens is 3. The number of carboxylic acid groups (broad SMARTS) is 1. The molecular formula is C11H12F3NaO3. The van der Waals surface area contributed by atoms with Gasteiger partial charge in [-0.25, -0.2) is 0 Å². The van der Waals surface area contributed by atoms with Crippen molar-refractivity contribution in [1.29, 1.82) is 0 Å². The predicted octanol–water partition coefficient (Wildman–Crippen LogP) is -0.0601. The van der Waals surface area contributed by atoms with Crippen LogP contribution in [0.15, 0.2) is 24.3 Å². The van der Waals surface area contributed by atoms with E-state index in [4.69, 9.17) is 5.11 Å². The SMILES string of the molecule is O=C(O)CCCc1cccc(C(F)(F)F)c1.[Na+].[OH-]. The summed E-state index contributed by atoms with van der Waals surface area (Å²) < 4.78 is 37.0. The Balaban J connectivity index is 0. The van der Waals surface area contributed by atoms with Crippen LogP contribution in [0.5, 0.6) is 0 Å². The van der Waals surface area contributed by atoms with Gasteiger partial charge in [0.15, 0.2) is 0 Å². The van der Waals surface area contributed by atoms with Gasteiger partial charge in [-0.2, -0.15) is 13.2 Å². The number of carbonyl (C=O) groups is 1. The van der Waals surface area contributed by atoms with Gasteiger partial charge in [0.2, 0.25) is 0 Å². The third-order valence-corrected chi connectivity index (χ3v) is 2.11. The fourth-order valence-corrected chi connectivity index (χ4v) is 1.35. The maximum Gasteiger partial charge on any atom is 1.00 e. The van der Waals surface area contributed by atoms with E-state index in [-0.39, 0.29) is 41.5 Å². The van der Waals surface area contributed by atoms with E-state index in [0.717, 1.165) is 12.1 Å². The minimum atomic E-state index is -4.34. The quantitative estimate of drug-likeness (QED) is 0.781. The Morgan fingerprint density at radius 3 is 2.39 bits per heavy atom. The van der Waals surface area contributed by atoms with Gasteiger partial charge in [-0.05, 0) is 24.5 Å². The standard InChI is InChI=1S/C11H11F3O2.Na.H2O/c12-11(13,14)9-5-1-3-8(7-9)4-2-6-10(15)16;;/h1,3,5,7H,2,4,6H2,(H,15,16);;1H2/q;+1;/p-1. The monoisotopic (exact) mass is 272 g/mol. The number of hydrogen-bond donors (Lipinski definition) is 1. The second kappa shape index (κ2) is 8.53. The molecule has 0 spiro atoms. The van der Waals surface area contributed by atoms with Crippen LogP contribution in [-0.4, -0.2) is 16.6 Å². The summed E-state index contributed by atoms with van der Waals surface area (Å²) in [5, 5.41) is 8.40. The molecule has 0 saturated carbocycles. The fourth-order valence-electron chi connectivity index (χ4n) is 1.35. The van der Waals surface area contributed by atoms with Crippen molar-refractivity contribution >= 4 is 5.97 Å². The first-order valence-corrected chi connectivity index (χ1v) is 4.77. The van der Waals surface area contributed by atoms with E-state index in [2.05, 4.69) is 0 Å². The molecule has 0 aliphatic carbocycles. The maximum atomic E-state index is 12.3. The van der Waals surface area contributed by atoms with Crippen molar-refractivity contribution < 1.29 is 58.1 Å². The molecule has 2 N–H and O–H groups in total. The molecule has 1 aromatic carbocycles. The number of hydrogen-bond acceptors (Lipinski definition) is 2. The average Bonchev–Trinajstić information content (AvgIpc) is 2.16. The minimum absolute atomic E-state index is 0. The molecule has 3 nitrogen and oxygen atoms in total. The molecule has 0 aliphatic rings. The van der Waals surface area contributed by atoms with Crippen molar-refractivity contribution in [3.05, 3.63) is 35.4 Å². The zero-order valence-corrected chi connectivity index (χ0v) is 11.9. The number of benzene rings is 1. The second-order valence-electron chi connectivity index (χ2n) is 3.45. The molecule has 0 aliphatic heterocycles. The Hall–Kier alpha value is -0.560. The Bertz CT molecular complexity index is 380. The molecule has 0 saturated heterocycles. The third-order valence-electron chi connectivity index (χ3n) is 2.11. The van der Waals surface area contributed by atoms with Crippen LogP contribution in [-0.2, 0) is 17.4 Å². The topological polar surface area (TPSA) is 67.3 Å². The molecule has 1 aromatic rings. The fraction of sp³-hybridized carbons (Fsp3) is 0.364. The molecule has 0 amide bonds. The van der Waals surface area contributed by atoms with Crippen LogP contribution in [0.25, 0.3) is 0 Å². The molecule has 1 rings (SSSR count). The van der Waals surface area contributed by atoms with Gasteiger partial charge in [0, 0.05) is 6.42 Å². The van der Waals surface area contributed by atoms with Gasteiger partial charge in [0.25, 0.3) is 0 Å². The molecule has 0 bridgehead atoms. The van der Waals surface area contributed by atoms with Gasteiger partial charge < -0.3 is 10.6 Å². The smallest absolute Gasteiger partial charge is 0.870 e. The van der Waals surface area contributed by atoms with Crippen LogP contribution in [0, 0.1) is 0 Å².